The molecule has 5 N–H and O–H groups in total. The molecule has 0 atom stereocenters. The van der Waals surface area contributed by atoms with Crippen molar-refractivity contribution in [3.63, 3.8) is 0 Å². The van der Waals surface area contributed by atoms with Crippen LogP contribution < -0.4 is 21.7 Å². The summed E-state index contributed by atoms with van der Waals surface area (Å²) in [6.45, 7) is 5.66. The van der Waals surface area contributed by atoms with Crippen LogP contribution in [0, 0.1) is 0 Å². The van der Waals surface area contributed by atoms with E-state index in [9.17, 15) is 4.79 Å². The standard InChI is InChI=1S/C11H26N4O/c12-5-3-8-13-6-1-2-7-14-9-4-10-15-11-16/h11,13-14H,1-10,12H2,(H,15,16). The molecule has 0 rings (SSSR count). The van der Waals surface area contributed by atoms with Crippen molar-refractivity contribution in [2.24, 2.45) is 5.73 Å². The van der Waals surface area contributed by atoms with Gasteiger partial charge < -0.3 is 21.7 Å². The van der Waals surface area contributed by atoms with E-state index in [4.69, 9.17) is 5.73 Å². The Balaban J connectivity index is 2.85. The quantitative estimate of drug-likeness (QED) is 0.252. The van der Waals surface area contributed by atoms with Crippen molar-refractivity contribution in [1.29, 1.82) is 0 Å². The van der Waals surface area contributed by atoms with Crippen molar-refractivity contribution in [3.05, 3.63) is 0 Å². The van der Waals surface area contributed by atoms with Crippen LogP contribution in [0.3, 0.4) is 0 Å². The molecular weight excluding hydrogens is 204 g/mol. The third kappa shape index (κ3) is 13.4. The molecule has 0 saturated carbocycles. The van der Waals surface area contributed by atoms with Gasteiger partial charge in [-0.15, -0.1) is 0 Å². The number of amides is 1. The molecule has 5 nitrogen and oxygen atoms in total. The lowest BCUT2D eigenvalue weighted by molar-refractivity contribution is -0.109. The van der Waals surface area contributed by atoms with Gasteiger partial charge in [0.1, 0.15) is 0 Å². The Morgan fingerprint density at radius 3 is 1.94 bits per heavy atom. The van der Waals surface area contributed by atoms with Gasteiger partial charge in [-0.1, -0.05) is 0 Å². The Labute approximate surface area is 98.5 Å². The Morgan fingerprint density at radius 1 is 0.812 bits per heavy atom. The summed E-state index contributed by atoms with van der Waals surface area (Å²) in [6, 6.07) is 0. The van der Waals surface area contributed by atoms with Crippen LogP contribution in [0.25, 0.3) is 0 Å². The van der Waals surface area contributed by atoms with Gasteiger partial charge in [0.15, 0.2) is 0 Å². The van der Waals surface area contributed by atoms with Gasteiger partial charge in [0.2, 0.25) is 6.41 Å². The number of unbranched alkanes of at least 4 members (excludes halogenated alkanes) is 1. The van der Waals surface area contributed by atoms with E-state index in [2.05, 4.69) is 16.0 Å². The van der Waals surface area contributed by atoms with Gasteiger partial charge in [-0.25, -0.2) is 0 Å². The van der Waals surface area contributed by atoms with Gasteiger partial charge in [0.25, 0.3) is 0 Å². The highest BCUT2D eigenvalue weighted by Crippen LogP contribution is 1.85. The molecule has 96 valence electrons. The van der Waals surface area contributed by atoms with Gasteiger partial charge in [-0.2, -0.15) is 0 Å². The summed E-state index contributed by atoms with van der Waals surface area (Å²) < 4.78 is 0. The average molecular weight is 230 g/mol. The number of hydrogen-bond donors (Lipinski definition) is 4. The minimum atomic E-state index is 0.743. The van der Waals surface area contributed by atoms with E-state index >= 15 is 0 Å². The van der Waals surface area contributed by atoms with Crippen molar-refractivity contribution in [2.75, 3.05) is 39.3 Å². The smallest absolute Gasteiger partial charge is 0.207 e. The Morgan fingerprint density at radius 2 is 1.38 bits per heavy atom. The summed E-state index contributed by atoms with van der Waals surface area (Å²) in [4.78, 5) is 9.94. The first-order valence-electron chi connectivity index (χ1n) is 6.20. The van der Waals surface area contributed by atoms with E-state index < -0.39 is 0 Å². The number of hydrogen-bond acceptors (Lipinski definition) is 4. The molecule has 0 fully saturated rings. The number of carbonyl (C=O) groups excluding carboxylic acids is 1. The predicted octanol–water partition coefficient (Wildman–Crippen LogP) is -0.569. The SMILES string of the molecule is NCCCNCCCCNCCCNC=O. The maximum atomic E-state index is 9.94. The zero-order chi connectivity index (χ0) is 11.9. The fourth-order valence-electron chi connectivity index (χ4n) is 1.35. The first-order chi connectivity index (χ1) is 7.91. The fourth-order valence-corrected chi connectivity index (χ4v) is 1.35. The first-order valence-corrected chi connectivity index (χ1v) is 6.20. The van der Waals surface area contributed by atoms with Crippen molar-refractivity contribution >= 4 is 6.41 Å². The normalized spacial score (nSPS) is 10.3. The molecule has 0 saturated heterocycles. The highest BCUT2D eigenvalue weighted by atomic mass is 16.1. The summed E-state index contributed by atoms with van der Waals surface area (Å²) in [5.74, 6) is 0. The number of nitrogens with two attached hydrogens (primary N) is 1. The number of nitrogens with one attached hydrogen (secondary N) is 3. The molecule has 0 bridgehead atoms. The molecule has 0 aromatic heterocycles. The molecule has 0 aromatic rings. The van der Waals surface area contributed by atoms with Gasteiger partial charge in [0.05, 0.1) is 0 Å². The third-order valence-electron chi connectivity index (χ3n) is 2.27. The summed E-state index contributed by atoms with van der Waals surface area (Å²) in [7, 11) is 0. The van der Waals surface area contributed by atoms with E-state index in [0.717, 1.165) is 58.5 Å². The minimum Gasteiger partial charge on any atom is -0.359 e. The maximum Gasteiger partial charge on any atom is 0.207 e. The fraction of sp³-hybridized carbons (Fsp3) is 0.909. The Kier molecular flexibility index (Phi) is 13.8. The number of carbonyl (C=O) groups is 1. The van der Waals surface area contributed by atoms with E-state index in [0.29, 0.717) is 0 Å². The zero-order valence-corrected chi connectivity index (χ0v) is 10.1. The second kappa shape index (κ2) is 14.3. The van der Waals surface area contributed by atoms with E-state index in [1.54, 1.807) is 0 Å². The van der Waals surface area contributed by atoms with Crippen molar-refractivity contribution in [2.45, 2.75) is 25.7 Å². The van der Waals surface area contributed by atoms with E-state index in [1.807, 2.05) is 0 Å². The topological polar surface area (TPSA) is 79.2 Å². The molecule has 1 amide bonds. The molecule has 0 spiro atoms. The maximum absolute atomic E-state index is 9.94. The largest absolute Gasteiger partial charge is 0.359 e. The van der Waals surface area contributed by atoms with Crippen LogP contribution in [-0.2, 0) is 4.79 Å². The lowest BCUT2D eigenvalue weighted by Crippen LogP contribution is -2.23. The van der Waals surface area contributed by atoms with Crippen LogP contribution in [0.15, 0.2) is 0 Å². The van der Waals surface area contributed by atoms with Gasteiger partial charge in [-0.3, -0.25) is 4.79 Å². The summed E-state index contributed by atoms with van der Waals surface area (Å²) in [5, 5.41) is 9.33. The van der Waals surface area contributed by atoms with Crippen LogP contribution in [-0.4, -0.2) is 45.7 Å². The Bertz CT molecular complexity index is 144. The Hall–Kier alpha value is -0.650. The molecular formula is C11H26N4O. The molecule has 0 heterocycles. The average Bonchev–Trinajstić information content (AvgIpc) is 2.31. The summed E-state index contributed by atoms with van der Waals surface area (Å²) in [6.07, 6.45) is 5.18. The van der Waals surface area contributed by atoms with Crippen molar-refractivity contribution in [3.8, 4) is 0 Å². The van der Waals surface area contributed by atoms with Gasteiger partial charge >= 0.3 is 0 Å². The van der Waals surface area contributed by atoms with Crippen LogP contribution in [0.2, 0.25) is 0 Å². The third-order valence-corrected chi connectivity index (χ3v) is 2.27. The minimum absolute atomic E-state index is 0.743. The van der Waals surface area contributed by atoms with E-state index in [-0.39, 0.29) is 0 Å². The lowest BCUT2D eigenvalue weighted by Gasteiger charge is -2.05. The van der Waals surface area contributed by atoms with Crippen molar-refractivity contribution in [1.82, 2.24) is 16.0 Å². The van der Waals surface area contributed by atoms with Crippen LogP contribution in [0.5, 0.6) is 0 Å². The molecule has 5 heteroatoms. The molecule has 0 aromatic carbocycles. The second-order valence-corrected chi connectivity index (χ2v) is 3.77. The highest BCUT2D eigenvalue weighted by molar-refractivity contribution is 5.45. The first kappa shape index (κ1) is 15.3. The molecule has 0 aliphatic heterocycles. The van der Waals surface area contributed by atoms with Crippen LogP contribution in [0.4, 0.5) is 0 Å². The lowest BCUT2D eigenvalue weighted by atomic mass is 10.3. The summed E-state index contributed by atoms with van der Waals surface area (Å²) >= 11 is 0. The number of rotatable bonds is 13. The summed E-state index contributed by atoms with van der Waals surface area (Å²) in [5.41, 5.74) is 5.38. The van der Waals surface area contributed by atoms with Crippen LogP contribution >= 0.6 is 0 Å². The van der Waals surface area contributed by atoms with E-state index in [1.165, 1.54) is 12.8 Å². The molecule has 0 radical (unpaired) electrons. The monoisotopic (exact) mass is 230 g/mol. The van der Waals surface area contributed by atoms with Crippen molar-refractivity contribution < 1.29 is 4.79 Å². The molecule has 0 aliphatic carbocycles. The molecule has 16 heavy (non-hydrogen) atoms. The zero-order valence-electron chi connectivity index (χ0n) is 10.1. The van der Waals surface area contributed by atoms with Gasteiger partial charge in [-0.05, 0) is 58.4 Å². The predicted molar refractivity (Wildman–Crippen MR) is 67.3 cm³/mol. The molecule has 0 unspecified atom stereocenters. The second-order valence-electron chi connectivity index (χ2n) is 3.77. The van der Waals surface area contributed by atoms with Crippen LogP contribution in [0.1, 0.15) is 25.7 Å². The highest BCUT2D eigenvalue weighted by Gasteiger charge is 1.90. The van der Waals surface area contributed by atoms with Gasteiger partial charge in [0, 0.05) is 6.54 Å². The molecule has 0 aliphatic rings.